The summed E-state index contributed by atoms with van der Waals surface area (Å²) in [5.74, 6) is 0.234. The first-order valence-corrected chi connectivity index (χ1v) is 5.97. The van der Waals surface area contributed by atoms with Crippen molar-refractivity contribution in [1.82, 2.24) is 4.90 Å². The van der Waals surface area contributed by atoms with Gasteiger partial charge in [0.1, 0.15) is 0 Å². The Kier molecular flexibility index (Phi) is 8.70. The van der Waals surface area contributed by atoms with Gasteiger partial charge in [0, 0.05) is 20.0 Å². The first-order valence-electron chi connectivity index (χ1n) is 5.97. The molecule has 0 spiro atoms. The van der Waals surface area contributed by atoms with Crippen LogP contribution in [0.4, 0.5) is 0 Å². The highest BCUT2D eigenvalue weighted by atomic mass is 16.2. The number of rotatable bonds is 8. The van der Waals surface area contributed by atoms with Crippen LogP contribution in [-0.2, 0) is 4.79 Å². The summed E-state index contributed by atoms with van der Waals surface area (Å²) in [6.07, 6.45) is 7.22. The Morgan fingerprint density at radius 2 is 1.36 bits per heavy atom. The summed E-state index contributed by atoms with van der Waals surface area (Å²) in [4.78, 5) is 13.2. The molecule has 0 saturated carbocycles. The Bertz CT molecular complexity index is 135. The molecule has 0 atom stereocenters. The Hall–Kier alpha value is -0.530. The molecular weight excluding hydrogens is 174 g/mol. The number of carbonyl (C=O) groups is 1. The lowest BCUT2D eigenvalue weighted by Gasteiger charge is -2.20. The van der Waals surface area contributed by atoms with Crippen molar-refractivity contribution in [1.29, 1.82) is 0 Å². The van der Waals surface area contributed by atoms with E-state index in [4.69, 9.17) is 0 Å². The molecule has 0 radical (unpaired) electrons. The summed E-state index contributed by atoms with van der Waals surface area (Å²) < 4.78 is 0. The molecule has 0 aromatic rings. The van der Waals surface area contributed by atoms with Crippen molar-refractivity contribution in [3.8, 4) is 0 Å². The lowest BCUT2D eigenvalue weighted by Crippen LogP contribution is -2.30. The van der Waals surface area contributed by atoms with Crippen LogP contribution in [0.5, 0.6) is 0 Å². The van der Waals surface area contributed by atoms with Gasteiger partial charge in [0.25, 0.3) is 0 Å². The lowest BCUT2D eigenvalue weighted by atomic mass is 10.2. The van der Waals surface area contributed by atoms with Crippen LogP contribution in [0.15, 0.2) is 0 Å². The van der Waals surface area contributed by atoms with Gasteiger partial charge >= 0.3 is 0 Å². The SMILES string of the molecule is CCCCCN(CCCCC)C(C)=O. The fourth-order valence-corrected chi connectivity index (χ4v) is 1.53. The number of hydrogen-bond acceptors (Lipinski definition) is 1. The quantitative estimate of drug-likeness (QED) is 0.550. The molecule has 14 heavy (non-hydrogen) atoms. The molecule has 0 aliphatic carbocycles. The molecule has 1 amide bonds. The second-order valence-corrected chi connectivity index (χ2v) is 3.92. The highest BCUT2D eigenvalue weighted by Gasteiger charge is 2.06. The van der Waals surface area contributed by atoms with Crippen LogP contribution in [-0.4, -0.2) is 23.9 Å². The Labute approximate surface area is 88.7 Å². The zero-order valence-corrected chi connectivity index (χ0v) is 10.0. The van der Waals surface area contributed by atoms with Crippen molar-refractivity contribution in [2.75, 3.05) is 13.1 Å². The van der Waals surface area contributed by atoms with Gasteiger partial charge in [-0.2, -0.15) is 0 Å². The van der Waals surface area contributed by atoms with Gasteiger partial charge in [-0.25, -0.2) is 0 Å². The monoisotopic (exact) mass is 199 g/mol. The molecule has 0 aliphatic rings. The third-order valence-corrected chi connectivity index (χ3v) is 2.51. The molecule has 2 nitrogen and oxygen atoms in total. The summed E-state index contributed by atoms with van der Waals surface area (Å²) >= 11 is 0. The van der Waals surface area contributed by atoms with E-state index in [0.29, 0.717) is 0 Å². The minimum atomic E-state index is 0.234. The van der Waals surface area contributed by atoms with Crippen LogP contribution < -0.4 is 0 Å². The van der Waals surface area contributed by atoms with Gasteiger partial charge in [-0.1, -0.05) is 39.5 Å². The fourth-order valence-electron chi connectivity index (χ4n) is 1.53. The van der Waals surface area contributed by atoms with Crippen molar-refractivity contribution < 1.29 is 4.79 Å². The molecular formula is C12H25NO. The van der Waals surface area contributed by atoms with E-state index < -0.39 is 0 Å². The third-order valence-electron chi connectivity index (χ3n) is 2.51. The molecule has 0 rings (SSSR count). The smallest absolute Gasteiger partial charge is 0.219 e. The fraction of sp³-hybridized carbons (Fsp3) is 0.917. The van der Waals surface area contributed by atoms with Crippen LogP contribution in [0.25, 0.3) is 0 Å². The van der Waals surface area contributed by atoms with Crippen molar-refractivity contribution in [3.05, 3.63) is 0 Å². The molecule has 0 aromatic carbocycles. The average Bonchev–Trinajstić information content (AvgIpc) is 2.15. The Balaban J connectivity index is 3.61. The standard InChI is InChI=1S/C12H25NO/c1-4-6-8-10-13(12(3)14)11-9-7-5-2/h4-11H2,1-3H3. The van der Waals surface area contributed by atoms with Gasteiger partial charge in [0.2, 0.25) is 5.91 Å². The predicted molar refractivity (Wildman–Crippen MR) is 61.3 cm³/mol. The second kappa shape index (κ2) is 9.04. The summed E-state index contributed by atoms with van der Waals surface area (Å²) in [7, 11) is 0. The summed E-state index contributed by atoms with van der Waals surface area (Å²) in [6, 6.07) is 0. The maximum Gasteiger partial charge on any atom is 0.219 e. The van der Waals surface area contributed by atoms with Crippen LogP contribution in [0, 0.1) is 0 Å². The maximum absolute atomic E-state index is 11.3. The van der Waals surface area contributed by atoms with E-state index in [1.54, 1.807) is 6.92 Å². The highest BCUT2D eigenvalue weighted by Crippen LogP contribution is 2.02. The van der Waals surface area contributed by atoms with E-state index >= 15 is 0 Å². The first kappa shape index (κ1) is 13.5. The molecule has 0 unspecified atom stereocenters. The molecule has 0 saturated heterocycles. The zero-order chi connectivity index (χ0) is 10.8. The molecule has 84 valence electrons. The van der Waals surface area contributed by atoms with Gasteiger partial charge in [0.05, 0.1) is 0 Å². The molecule has 0 fully saturated rings. The first-order chi connectivity index (χ1) is 6.72. The summed E-state index contributed by atoms with van der Waals surface area (Å²) in [6.45, 7) is 7.96. The Morgan fingerprint density at radius 3 is 1.64 bits per heavy atom. The molecule has 0 aromatic heterocycles. The van der Waals surface area contributed by atoms with Crippen LogP contribution in [0.1, 0.15) is 59.3 Å². The number of carbonyl (C=O) groups excluding carboxylic acids is 1. The minimum absolute atomic E-state index is 0.234. The second-order valence-electron chi connectivity index (χ2n) is 3.92. The third kappa shape index (κ3) is 6.93. The predicted octanol–water partition coefficient (Wildman–Crippen LogP) is 3.22. The average molecular weight is 199 g/mol. The van der Waals surface area contributed by atoms with E-state index in [0.717, 1.165) is 25.9 Å². The summed E-state index contributed by atoms with van der Waals surface area (Å²) in [5, 5.41) is 0. The van der Waals surface area contributed by atoms with Gasteiger partial charge in [-0.05, 0) is 12.8 Å². The molecule has 2 heteroatoms. The van der Waals surface area contributed by atoms with Gasteiger partial charge < -0.3 is 4.90 Å². The van der Waals surface area contributed by atoms with E-state index in [9.17, 15) is 4.79 Å². The van der Waals surface area contributed by atoms with E-state index in [-0.39, 0.29) is 5.91 Å². The van der Waals surface area contributed by atoms with E-state index in [2.05, 4.69) is 13.8 Å². The topological polar surface area (TPSA) is 20.3 Å². The van der Waals surface area contributed by atoms with Gasteiger partial charge in [0.15, 0.2) is 0 Å². The number of unbranched alkanes of at least 4 members (excludes halogenated alkanes) is 4. The van der Waals surface area contributed by atoms with Crippen molar-refractivity contribution in [2.45, 2.75) is 59.3 Å². The Morgan fingerprint density at radius 1 is 0.929 bits per heavy atom. The van der Waals surface area contributed by atoms with Crippen molar-refractivity contribution >= 4 is 5.91 Å². The van der Waals surface area contributed by atoms with Crippen molar-refractivity contribution in [3.63, 3.8) is 0 Å². The zero-order valence-electron chi connectivity index (χ0n) is 10.0. The van der Waals surface area contributed by atoms with E-state index in [1.807, 2.05) is 4.90 Å². The van der Waals surface area contributed by atoms with Gasteiger partial charge in [-0.15, -0.1) is 0 Å². The molecule has 0 heterocycles. The molecule has 0 N–H and O–H groups in total. The molecule has 0 bridgehead atoms. The largest absolute Gasteiger partial charge is 0.343 e. The summed E-state index contributed by atoms with van der Waals surface area (Å²) in [5.41, 5.74) is 0. The maximum atomic E-state index is 11.3. The van der Waals surface area contributed by atoms with Crippen LogP contribution >= 0.6 is 0 Å². The van der Waals surface area contributed by atoms with Crippen LogP contribution in [0.2, 0.25) is 0 Å². The normalized spacial score (nSPS) is 10.2. The lowest BCUT2D eigenvalue weighted by molar-refractivity contribution is -0.129. The van der Waals surface area contributed by atoms with Crippen molar-refractivity contribution in [2.24, 2.45) is 0 Å². The number of amides is 1. The highest BCUT2D eigenvalue weighted by molar-refractivity contribution is 5.73. The van der Waals surface area contributed by atoms with E-state index in [1.165, 1.54) is 25.7 Å². The number of nitrogens with zero attached hydrogens (tertiary/aromatic N) is 1. The molecule has 0 aliphatic heterocycles. The van der Waals surface area contributed by atoms with Crippen LogP contribution in [0.3, 0.4) is 0 Å². The van der Waals surface area contributed by atoms with Gasteiger partial charge in [-0.3, -0.25) is 4.79 Å². The number of hydrogen-bond donors (Lipinski definition) is 0. The minimum Gasteiger partial charge on any atom is -0.343 e.